The van der Waals surface area contributed by atoms with Crippen LogP contribution in [0.1, 0.15) is 18.5 Å². The summed E-state index contributed by atoms with van der Waals surface area (Å²) in [6, 6.07) is 14.4. The highest BCUT2D eigenvalue weighted by Crippen LogP contribution is 2.21. The molecule has 0 spiro atoms. The van der Waals surface area contributed by atoms with E-state index < -0.39 is 0 Å². The Kier molecular flexibility index (Phi) is 4.46. The monoisotopic (exact) mass is 282 g/mol. The van der Waals surface area contributed by atoms with Crippen LogP contribution in [0.4, 0.5) is 11.5 Å². The van der Waals surface area contributed by atoms with E-state index in [1.807, 2.05) is 25.2 Å². The van der Waals surface area contributed by atoms with Gasteiger partial charge in [0.05, 0.1) is 5.69 Å². The molecule has 1 N–H and O–H groups in total. The lowest BCUT2D eigenvalue weighted by Gasteiger charge is -2.22. The number of rotatable bonds is 4. The maximum absolute atomic E-state index is 4.40. The van der Waals surface area contributed by atoms with E-state index in [2.05, 4.69) is 44.7 Å². The number of hydrogen-bond donors (Lipinski definition) is 1. The van der Waals surface area contributed by atoms with Gasteiger partial charge in [0.15, 0.2) is 5.82 Å². The number of nitrogens with zero attached hydrogens (tertiary/aromatic N) is 3. The molecule has 0 radical (unpaired) electrons. The van der Waals surface area contributed by atoms with Crippen molar-refractivity contribution in [1.82, 2.24) is 15.5 Å². The van der Waals surface area contributed by atoms with Crippen LogP contribution in [0.15, 0.2) is 42.5 Å². The van der Waals surface area contributed by atoms with Crippen LogP contribution in [0.5, 0.6) is 0 Å². The van der Waals surface area contributed by atoms with E-state index in [0.29, 0.717) is 5.92 Å². The molecule has 2 aromatic rings. The van der Waals surface area contributed by atoms with Crippen LogP contribution in [0.3, 0.4) is 0 Å². The normalized spacial score (nSPS) is 18.4. The van der Waals surface area contributed by atoms with Gasteiger partial charge in [-0.05, 0) is 62.5 Å². The van der Waals surface area contributed by atoms with E-state index in [1.54, 1.807) is 0 Å². The Morgan fingerprint density at radius 1 is 1.14 bits per heavy atom. The second-order valence-electron chi connectivity index (χ2n) is 5.69. The number of anilines is 2. The average Bonchev–Trinajstić information content (AvgIpc) is 2.57. The largest absolute Gasteiger partial charge is 0.328 e. The fraction of sp³-hybridized carbons (Fsp3) is 0.412. The van der Waals surface area contributed by atoms with Gasteiger partial charge in [-0.15, -0.1) is 5.10 Å². The number of aromatic nitrogens is 2. The van der Waals surface area contributed by atoms with E-state index in [0.717, 1.165) is 36.7 Å². The minimum atomic E-state index is 0.700. The van der Waals surface area contributed by atoms with Gasteiger partial charge in [0.25, 0.3) is 0 Å². The van der Waals surface area contributed by atoms with Crippen LogP contribution >= 0.6 is 0 Å². The number of para-hydroxylation sites is 1. The molecule has 2 heterocycles. The molecular weight excluding hydrogens is 260 g/mol. The van der Waals surface area contributed by atoms with E-state index in [9.17, 15) is 0 Å². The van der Waals surface area contributed by atoms with E-state index in [1.165, 1.54) is 12.8 Å². The lowest BCUT2D eigenvalue weighted by atomic mass is 9.95. The standard InChI is InChI=1S/C17H22N4/c1-21(16-7-3-2-4-8-16)17-10-9-15(19-20-17)12-14-6-5-11-18-13-14/h2-4,7-10,14,18H,5-6,11-13H2,1H3/t14-/m1/s1. The number of hydrogen-bond acceptors (Lipinski definition) is 4. The molecule has 1 aromatic heterocycles. The molecule has 4 nitrogen and oxygen atoms in total. The van der Waals surface area contributed by atoms with Crippen molar-refractivity contribution in [3.05, 3.63) is 48.2 Å². The second kappa shape index (κ2) is 6.68. The summed E-state index contributed by atoms with van der Waals surface area (Å²) in [5.74, 6) is 1.58. The predicted octanol–water partition coefficient (Wildman–Crippen LogP) is 2.79. The lowest BCUT2D eigenvalue weighted by molar-refractivity contribution is 0.373. The Balaban J connectivity index is 1.66. The lowest BCUT2D eigenvalue weighted by Crippen LogP contribution is -2.31. The summed E-state index contributed by atoms with van der Waals surface area (Å²) in [6.45, 7) is 2.26. The van der Waals surface area contributed by atoms with Gasteiger partial charge in [0, 0.05) is 12.7 Å². The van der Waals surface area contributed by atoms with Gasteiger partial charge in [-0.1, -0.05) is 18.2 Å². The van der Waals surface area contributed by atoms with Crippen molar-refractivity contribution < 1.29 is 0 Å². The van der Waals surface area contributed by atoms with Crippen LogP contribution in [0.2, 0.25) is 0 Å². The molecule has 110 valence electrons. The zero-order chi connectivity index (χ0) is 14.5. The first-order chi connectivity index (χ1) is 10.3. The molecule has 1 aromatic carbocycles. The fourth-order valence-electron chi connectivity index (χ4n) is 2.82. The highest BCUT2D eigenvalue weighted by atomic mass is 15.2. The second-order valence-corrected chi connectivity index (χ2v) is 5.69. The van der Waals surface area contributed by atoms with Crippen LogP contribution in [-0.4, -0.2) is 30.3 Å². The zero-order valence-corrected chi connectivity index (χ0v) is 12.5. The Hall–Kier alpha value is -1.94. The third-order valence-corrected chi connectivity index (χ3v) is 4.09. The Morgan fingerprint density at radius 3 is 2.67 bits per heavy atom. The van der Waals surface area contributed by atoms with Crippen LogP contribution < -0.4 is 10.2 Å². The first-order valence-electron chi connectivity index (χ1n) is 7.65. The Morgan fingerprint density at radius 2 is 2.00 bits per heavy atom. The van der Waals surface area contributed by atoms with Crippen molar-refractivity contribution >= 4 is 11.5 Å². The number of benzene rings is 1. The minimum absolute atomic E-state index is 0.700. The topological polar surface area (TPSA) is 41.0 Å². The van der Waals surface area contributed by atoms with Crippen molar-refractivity contribution in [1.29, 1.82) is 0 Å². The van der Waals surface area contributed by atoms with Crippen molar-refractivity contribution in [2.24, 2.45) is 5.92 Å². The summed E-state index contributed by atoms with van der Waals surface area (Å²) in [7, 11) is 2.02. The summed E-state index contributed by atoms with van der Waals surface area (Å²) in [6.07, 6.45) is 3.59. The van der Waals surface area contributed by atoms with Gasteiger partial charge in [0.1, 0.15) is 0 Å². The smallest absolute Gasteiger partial charge is 0.155 e. The van der Waals surface area contributed by atoms with Crippen LogP contribution in [-0.2, 0) is 6.42 Å². The highest BCUT2D eigenvalue weighted by Gasteiger charge is 2.14. The van der Waals surface area contributed by atoms with Crippen molar-refractivity contribution in [2.45, 2.75) is 19.3 Å². The molecule has 0 aliphatic carbocycles. The molecule has 4 heteroatoms. The van der Waals surface area contributed by atoms with Gasteiger partial charge < -0.3 is 10.2 Å². The van der Waals surface area contributed by atoms with Gasteiger partial charge in [0.2, 0.25) is 0 Å². The van der Waals surface area contributed by atoms with Crippen molar-refractivity contribution in [3.63, 3.8) is 0 Å². The van der Waals surface area contributed by atoms with Crippen LogP contribution in [0, 0.1) is 5.92 Å². The zero-order valence-electron chi connectivity index (χ0n) is 12.5. The first kappa shape index (κ1) is 14.0. The number of piperidine rings is 1. The molecule has 0 amide bonds. The van der Waals surface area contributed by atoms with Gasteiger partial charge >= 0.3 is 0 Å². The van der Waals surface area contributed by atoms with Gasteiger partial charge in [-0.3, -0.25) is 0 Å². The van der Waals surface area contributed by atoms with Crippen LogP contribution in [0.25, 0.3) is 0 Å². The highest BCUT2D eigenvalue weighted by molar-refractivity contribution is 5.58. The fourth-order valence-corrected chi connectivity index (χ4v) is 2.82. The molecule has 1 atom stereocenters. The summed E-state index contributed by atoms with van der Waals surface area (Å²) < 4.78 is 0. The maximum Gasteiger partial charge on any atom is 0.155 e. The summed E-state index contributed by atoms with van der Waals surface area (Å²) >= 11 is 0. The van der Waals surface area contributed by atoms with Crippen molar-refractivity contribution in [3.8, 4) is 0 Å². The SMILES string of the molecule is CN(c1ccccc1)c1ccc(C[C@H]2CCCNC2)nn1. The Labute approximate surface area is 126 Å². The third kappa shape index (κ3) is 3.58. The summed E-state index contributed by atoms with van der Waals surface area (Å²) in [5.41, 5.74) is 2.21. The quantitative estimate of drug-likeness (QED) is 0.936. The molecule has 1 fully saturated rings. The molecule has 0 saturated carbocycles. The predicted molar refractivity (Wildman–Crippen MR) is 85.8 cm³/mol. The van der Waals surface area contributed by atoms with Gasteiger partial charge in [-0.2, -0.15) is 5.10 Å². The molecule has 21 heavy (non-hydrogen) atoms. The van der Waals surface area contributed by atoms with E-state index in [4.69, 9.17) is 0 Å². The molecule has 1 aliphatic rings. The Bertz CT molecular complexity index is 547. The first-order valence-corrected chi connectivity index (χ1v) is 7.65. The average molecular weight is 282 g/mol. The van der Waals surface area contributed by atoms with E-state index in [-0.39, 0.29) is 0 Å². The molecule has 1 aliphatic heterocycles. The minimum Gasteiger partial charge on any atom is -0.328 e. The molecule has 0 bridgehead atoms. The molecule has 1 saturated heterocycles. The van der Waals surface area contributed by atoms with E-state index >= 15 is 0 Å². The third-order valence-electron chi connectivity index (χ3n) is 4.09. The molecular formula is C17H22N4. The maximum atomic E-state index is 4.40. The molecule has 0 unspecified atom stereocenters. The summed E-state index contributed by atoms with van der Waals surface area (Å²) in [4.78, 5) is 2.05. The molecule has 3 rings (SSSR count). The van der Waals surface area contributed by atoms with Gasteiger partial charge in [-0.25, -0.2) is 0 Å². The van der Waals surface area contributed by atoms with Crippen molar-refractivity contribution in [2.75, 3.05) is 25.0 Å². The summed E-state index contributed by atoms with van der Waals surface area (Å²) in [5, 5.41) is 12.2. The number of nitrogens with one attached hydrogen (secondary N) is 1.